The van der Waals surface area contributed by atoms with Gasteiger partial charge < -0.3 is 15.2 Å². The van der Waals surface area contributed by atoms with Crippen molar-refractivity contribution in [3.05, 3.63) is 11.6 Å². The predicted molar refractivity (Wildman–Crippen MR) is 86.3 cm³/mol. The molecule has 2 N–H and O–H groups in total. The van der Waals surface area contributed by atoms with Crippen LogP contribution in [0.25, 0.3) is 0 Å². The smallest absolute Gasteiger partial charge is 0.333 e. The van der Waals surface area contributed by atoms with Gasteiger partial charge in [-0.15, -0.1) is 0 Å². The summed E-state index contributed by atoms with van der Waals surface area (Å²) in [5.41, 5.74) is 6.41. The lowest BCUT2D eigenvalue weighted by molar-refractivity contribution is -0.139. The van der Waals surface area contributed by atoms with Gasteiger partial charge in [-0.3, -0.25) is 4.18 Å². The Bertz CT molecular complexity index is 516. The molecule has 134 valence electrons. The third-order valence-electron chi connectivity index (χ3n) is 3.45. The molecule has 0 fully saturated rings. The average molecular weight is 349 g/mol. The monoisotopic (exact) mass is 349 g/mol. The fourth-order valence-electron chi connectivity index (χ4n) is 2.39. The van der Waals surface area contributed by atoms with Crippen molar-refractivity contribution in [1.82, 2.24) is 0 Å². The van der Waals surface area contributed by atoms with E-state index in [0.717, 1.165) is 25.5 Å². The fourth-order valence-corrected chi connectivity index (χ4v) is 3.05. The Morgan fingerprint density at radius 3 is 2.61 bits per heavy atom. The molecule has 0 aromatic heterocycles. The molecule has 3 unspecified atom stereocenters. The Morgan fingerprint density at radius 1 is 1.35 bits per heavy atom. The second-order valence-electron chi connectivity index (χ2n) is 5.59. The Balaban J connectivity index is 2.89. The summed E-state index contributed by atoms with van der Waals surface area (Å²) >= 11 is 0. The van der Waals surface area contributed by atoms with Crippen molar-refractivity contribution in [3.63, 3.8) is 0 Å². The van der Waals surface area contributed by atoms with E-state index in [1.807, 2.05) is 0 Å². The number of esters is 1. The molecule has 1 rings (SSSR count). The van der Waals surface area contributed by atoms with Crippen molar-refractivity contribution in [1.29, 1.82) is 0 Å². The van der Waals surface area contributed by atoms with Crippen LogP contribution in [0.4, 0.5) is 0 Å². The van der Waals surface area contributed by atoms with Gasteiger partial charge in [-0.25, -0.2) is 4.79 Å². The third kappa shape index (κ3) is 6.99. The first-order valence-corrected chi connectivity index (χ1v) is 9.73. The van der Waals surface area contributed by atoms with Crippen molar-refractivity contribution >= 4 is 16.1 Å². The highest BCUT2D eigenvalue weighted by atomic mass is 32.2. The summed E-state index contributed by atoms with van der Waals surface area (Å²) in [7, 11) is -3.68. The quantitative estimate of drug-likeness (QED) is 0.378. The molecular formula is C15H27NO6S. The van der Waals surface area contributed by atoms with E-state index in [2.05, 4.69) is 6.92 Å². The second-order valence-corrected chi connectivity index (χ2v) is 7.19. The summed E-state index contributed by atoms with van der Waals surface area (Å²) in [6, 6.07) is -0.662. The molecule has 0 amide bonds. The lowest BCUT2D eigenvalue weighted by atomic mass is 9.90. The van der Waals surface area contributed by atoms with E-state index in [4.69, 9.17) is 19.4 Å². The number of rotatable bonds is 9. The fraction of sp³-hybridized carbons (Fsp3) is 0.800. The minimum atomic E-state index is -3.68. The van der Waals surface area contributed by atoms with Gasteiger partial charge in [-0.1, -0.05) is 19.8 Å². The molecule has 1 aliphatic carbocycles. The molecule has 0 radical (unpaired) electrons. The van der Waals surface area contributed by atoms with Crippen LogP contribution in [-0.2, 0) is 28.6 Å². The zero-order valence-corrected chi connectivity index (χ0v) is 14.8. The topological polar surface area (TPSA) is 105 Å². The van der Waals surface area contributed by atoms with Crippen LogP contribution >= 0.6 is 0 Å². The third-order valence-corrected chi connectivity index (χ3v) is 4.02. The second kappa shape index (κ2) is 9.36. The molecule has 0 aromatic rings. The zero-order valence-electron chi connectivity index (χ0n) is 14.0. The number of carbonyl (C=O) groups excluding carboxylic acids is 1. The maximum absolute atomic E-state index is 11.9. The van der Waals surface area contributed by atoms with Crippen molar-refractivity contribution in [2.75, 3.05) is 19.5 Å². The lowest BCUT2D eigenvalue weighted by Gasteiger charge is -2.33. The van der Waals surface area contributed by atoms with Gasteiger partial charge in [-0.05, 0) is 25.8 Å². The van der Waals surface area contributed by atoms with E-state index < -0.39 is 34.3 Å². The maximum Gasteiger partial charge on any atom is 0.333 e. The van der Waals surface area contributed by atoms with Gasteiger partial charge >= 0.3 is 5.97 Å². The van der Waals surface area contributed by atoms with Crippen molar-refractivity contribution < 1.29 is 26.9 Å². The summed E-state index contributed by atoms with van der Waals surface area (Å²) in [6.07, 6.45) is 4.09. The molecule has 0 heterocycles. The van der Waals surface area contributed by atoms with Crippen LogP contribution in [0.2, 0.25) is 0 Å². The Morgan fingerprint density at radius 2 is 2.04 bits per heavy atom. The Kier molecular flexibility index (Phi) is 8.18. The van der Waals surface area contributed by atoms with Gasteiger partial charge in [0.25, 0.3) is 10.1 Å². The number of carbonyl (C=O) groups is 1. The molecule has 8 heteroatoms. The molecule has 0 saturated heterocycles. The number of unbranched alkanes of at least 4 members (excludes halogenated alkanes) is 2. The molecule has 1 aliphatic rings. The molecule has 0 bridgehead atoms. The molecular weight excluding hydrogens is 322 g/mol. The van der Waals surface area contributed by atoms with E-state index in [9.17, 15) is 13.2 Å². The van der Waals surface area contributed by atoms with Gasteiger partial charge in [0.15, 0.2) is 0 Å². The van der Waals surface area contributed by atoms with Crippen LogP contribution in [0.5, 0.6) is 0 Å². The van der Waals surface area contributed by atoms with Crippen molar-refractivity contribution in [2.45, 2.75) is 57.8 Å². The van der Waals surface area contributed by atoms with Crippen molar-refractivity contribution in [2.24, 2.45) is 5.73 Å². The summed E-state index contributed by atoms with van der Waals surface area (Å²) < 4.78 is 38.7. The molecule has 7 nitrogen and oxygen atoms in total. The highest BCUT2D eigenvalue weighted by Gasteiger charge is 2.37. The summed E-state index contributed by atoms with van der Waals surface area (Å²) in [4.78, 5) is 11.9. The standard InChI is InChI=1S/C15H27NO6S/c1-4-6-7-8-21-13-10-11(15(17)20-5-2)9-12(16)14(13)22-23(3,18)19/h10,12-14H,4-9,16H2,1-3H3. The lowest BCUT2D eigenvalue weighted by Crippen LogP contribution is -2.49. The predicted octanol–water partition coefficient (Wildman–Crippen LogP) is 1.13. The first-order valence-electron chi connectivity index (χ1n) is 7.91. The summed E-state index contributed by atoms with van der Waals surface area (Å²) in [5.74, 6) is -0.456. The van der Waals surface area contributed by atoms with E-state index >= 15 is 0 Å². The highest BCUT2D eigenvalue weighted by Crippen LogP contribution is 2.25. The maximum atomic E-state index is 11.9. The van der Waals surface area contributed by atoms with Crippen LogP contribution in [-0.4, -0.2) is 52.1 Å². The van der Waals surface area contributed by atoms with Crippen LogP contribution in [0.1, 0.15) is 39.5 Å². The Hall–Kier alpha value is -0.960. The van der Waals surface area contributed by atoms with Gasteiger partial charge in [0.1, 0.15) is 12.2 Å². The van der Waals surface area contributed by atoms with Crippen LogP contribution in [0.15, 0.2) is 11.6 Å². The highest BCUT2D eigenvalue weighted by molar-refractivity contribution is 7.86. The Labute approximate surface area is 138 Å². The van der Waals surface area contributed by atoms with E-state index in [0.29, 0.717) is 12.2 Å². The first-order chi connectivity index (χ1) is 10.8. The number of hydrogen-bond acceptors (Lipinski definition) is 7. The number of hydrogen-bond donors (Lipinski definition) is 1. The van der Waals surface area contributed by atoms with Gasteiger partial charge in [0.2, 0.25) is 0 Å². The molecule has 0 spiro atoms. The number of ether oxygens (including phenoxy) is 2. The van der Waals surface area contributed by atoms with Gasteiger partial charge in [0.05, 0.1) is 12.9 Å². The minimum absolute atomic E-state index is 0.188. The van der Waals surface area contributed by atoms with E-state index in [1.54, 1.807) is 13.0 Å². The largest absolute Gasteiger partial charge is 0.463 e. The molecule has 23 heavy (non-hydrogen) atoms. The summed E-state index contributed by atoms with van der Waals surface area (Å²) in [5, 5.41) is 0. The van der Waals surface area contributed by atoms with E-state index in [1.165, 1.54) is 0 Å². The van der Waals surface area contributed by atoms with Gasteiger partial charge in [0, 0.05) is 18.2 Å². The average Bonchev–Trinajstić information content (AvgIpc) is 2.45. The molecule has 0 saturated carbocycles. The normalized spacial score (nSPS) is 25.0. The SMILES string of the molecule is CCCCCOC1C=C(C(=O)OCC)CC(N)C1OS(C)(=O)=O. The first kappa shape index (κ1) is 20.1. The molecule has 0 aliphatic heterocycles. The van der Waals surface area contributed by atoms with Crippen LogP contribution < -0.4 is 5.73 Å². The van der Waals surface area contributed by atoms with Crippen molar-refractivity contribution in [3.8, 4) is 0 Å². The summed E-state index contributed by atoms with van der Waals surface area (Å²) in [6.45, 7) is 4.50. The van der Waals surface area contributed by atoms with Gasteiger partial charge in [-0.2, -0.15) is 8.42 Å². The van der Waals surface area contributed by atoms with E-state index in [-0.39, 0.29) is 13.0 Å². The van der Waals surface area contributed by atoms with Crippen LogP contribution in [0.3, 0.4) is 0 Å². The minimum Gasteiger partial charge on any atom is -0.463 e. The molecule has 3 atom stereocenters. The zero-order chi connectivity index (χ0) is 17.5. The van der Waals surface area contributed by atoms with Crippen LogP contribution in [0, 0.1) is 0 Å². The number of nitrogens with two attached hydrogens (primary N) is 1. The molecule has 0 aromatic carbocycles.